The Balaban J connectivity index is 2.12. The summed E-state index contributed by atoms with van der Waals surface area (Å²) in [7, 11) is 0. The SMILES string of the molecule is CC(C)NCc1cc(OC2CCOC2)nc(C(C)C)c1. The highest BCUT2D eigenvalue weighted by atomic mass is 16.5. The normalized spacial score (nSPS) is 19.0. The molecule has 1 unspecified atom stereocenters. The summed E-state index contributed by atoms with van der Waals surface area (Å²) >= 11 is 0. The Bertz CT molecular complexity index is 426. The van der Waals surface area contributed by atoms with Crippen molar-refractivity contribution in [2.24, 2.45) is 0 Å². The topological polar surface area (TPSA) is 43.4 Å². The molecule has 1 atom stereocenters. The molecule has 0 amide bonds. The van der Waals surface area contributed by atoms with Crippen molar-refractivity contribution in [1.82, 2.24) is 10.3 Å². The average Bonchev–Trinajstić information content (AvgIpc) is 2.89. The molecule has 1 aliphatic heterocycles. The predicted octanol–water partition coefficient (Wildman–Crippen LogP) is 2.87. The number of aromatic nitrogens is 1. The Kier molecular flexibility index (Phi) is 5.38. The Morgan fingerprint density at radius 2 is 2.15 bits per heavy atom. The Hall–Kier alpha value is -1.13. The van der Waals surface area contributed by atoms with Crippen molar-refractivity contribution >= 4 is 0 Å². The van der Waals surface area contributed by atoms with Crippen molar-refractivity contribution in [3.8, 4) is 5.88 Å². The third-order valence-electron chi connectivity index (χ3n) is 3.36. The van der Waals surface area contributed by atoms with Gasteiger partial charge in [-0.2, -0.15) is 0 Å². The minimum absolute atomic E-state index is 0.149. The van der Waals surface area contributed by atoms with E-state index in [4.69, 9.17) is 9.47 Å². The average molecular weight is 278 g/mol. The number of rotatable bonds is 6. The van der Waals surface area contributed by atoms with Gasteiger partial charge in [0.05, 0.1) is 13.2 Å². The lowest BCUT2D eigenvalue weighted by atomic mass is 10.1. The molecule has 0 aliphatic carbocycles. The summed E-state index contributed by atoms with van der Waals surface area (Å²) in [5.74, 6) is 1.13. The van der Waals surface area contributed by atoms with Crippen molar-refractivity contribution in [3.63, 3.8) is 0 Å². The first-order valence-electron chi connectivity index (χ1n) is 7.53. The molecule has 1 aromatic heterocycles. The van der Waals surface area contributed by atoms with Crippen LogP contribution in [0.1, 0.15) is 51.3 Å². The highest BCUT2D eigenvalue weighted by Crippen LogP contribution is 2.21. The Morgan fingerprint density at radius 1 is 1.35 bits per heavy atom. The molecular formula is C16H26N2O2. The van der Waals surface area contributed by atoms with Crippen LogP contribution in [0, 0.1) is 0 Å². The monoisotopic (exact) mass is 278 g/mol. The van der Waals surface area contributed by atoms with Gasteiger partial charge in [-0.05, 0) is 17.5 Å². The minimum atomic E-state index is 0.149. The van der Waals surface area contributed by atoms with Gasteiger partial charge < -0.3 is 14.8 Å². The van der Waals surface area contributed by atoms with E-state index >= 15 is 0 Å². The van der Waals surface area contributed by atoms with Crippen LogP contribution in [-0.4, -0.2) is 30.3 Å². The van der Waals surface area contributed by atoms with E-state index in [1.807, 2.05) is 6.07 Å². The van der Waals surface area contributed by atoms with E-state index in [1.165, 1.54) is 5.56 Å². The largest absolute Gasteiger partial charge is 0.472 e. The van der Waals surface area contributed by atoms with E-state index < -0.39 is 0 Å². The molecule has 2 heterocycles. The molecular weight excluding hydrogens is 252 g/mol. The fraction of sp³-hybridized carbons (Fsp3) is 0.688. The van der Waals surface area contributed by atoms with Crippen LogP contribution in [0.25, 0.3) is 0 Å². The highest BCUT2D eigenvalue weighted by Gasteiger charge is 2.18. The van der Waals surface area contributed by atoms with Gasteiger partial charge in [-0.15, -0.1) is 0 Å². The molecule has 1 N–H and O–H groups in total. The van der Waals surface area contributed by atoms with Crippen LogP contribution in [0.3, 0.4) is 0 Å². The van der Waals surface area contributed by atoms with Gasteiger partial charge in [0.25, 0.3) is 0 Å². The van der Waals surface area contributed by atoms with E-state index in [0.717, 1.165) is 31.1 Å². The molecule has 0 spiro atoms. The van der Waals surface area contributed by atoms with E-state index in [-0.39, 0.29) is 6.10 Å². The molecule has 20 heavy (non-hydrogen) atoms. The second kappa shape index (κ2) is 7.04. The van der Waals surface area contributed by atoms with E-state index in [0.29, 0.717) is 18.6 Å². The third kappa shape index (κ3) is 4.46. The second-order valence-corrected chi connectivity index (χ2v) is 6.03. The molecule has 1 aromatic rings. The molecule has 1 fully saturated rings. The predicted molar refractivity (Wildman–Crippen MR) is 80.2 cm³/mol. The molecule has 2 rings (SSSR count). The maximum absolute atomic E-state index is 5.95. The molecule has 1 aliphatic rings. The molecule has 112 valence electrons. The number of pyridine rings is 1. The van der Waals surface area contributed by atoms with Crippen molar-refractivity contribution < 1.29 is 9.47 Å². The number of nitrogens with zero attached hydrogens (tertiary/aromatic N) is 1. The van der Waals surface area contributed by atoms with Gasteiger partial charge in [0, 0.05) is 30.8 Å². The lowest BCUT2D eigenvalue weighted by molar-refractivity contribution is 0.137. The van der Waals surface area contributed by atoms with Crippen molar-refractivity contribution in [2.45, 2.75) is 58.7 Å². The molecule has 0 saturated carbocycles. The quantitative estimate of drug-likeness (QED) is 0.869. The van der Waals surface area contributed by atoms with Crippen LogP contribution >= 0.6 is 0 Å². The first kappa shape index (κ1) is 15.3. The molecule has 0 bridgehead atoms. The fourth-order valence-electron chi connectivity index (χ4n) is 2.14. The zero-order chi connectivity index (χ0) is 14.5. The van der Waals surface area contributed by atoms with Crippen molar-refractivity contribution in [2.75, 3.05) is 13.2 Å². The maximum atomic E-state index is 5.95. The van der Waals surface area contributed by atoms with Gasteiger partial charge in [-0.25, -0.2) is 4.98 Å². The van der Waals surface area contributed by atoms with Gasteiger partial charge in [0.2, 0.25) is 5.88 Å². The van der Waals surface area contributed by atoms with Crippen LogP contribution in [0.15, 0.2) is 12.1 Å². The molecule has 0 radical (unpaired) electrons. The van der Waals surface area contributed by atoms with Crippen LogP contribution in [0.4, 0.5) is 0 Å². The van der Waals surface area contributed by atoms with E-state index in [9.17, 15) is 0 Å². The van der Waals surface area contributed by atoms with Gasteiger partial charge in [-0.3, -0.25) is 0 Å². The number of ether oxygens (including phenoxy) is 2. The lowest BCUT2D eigenvalue weighted by Crippen LogP contribution is -2.22. The van der Waals surface area contributed by atoms with Crippen LogP contribution in [-0.2, 0) is 11.3 Å². The highest BCUT2D eigenvalue weighted by molar-refractivity contribution is 5.27. The minimum Gasteiger partial charge on any atom is -0.472 e. The molecule has 4 heteroatoms. The standard InChI is InChI=1S/C16H26N2O2/c1-11(2)15-7-13(9-17-12(3)4)8-16(18-15)20-14-5-6-19-10-14/h7-8,11-12,14,17H,5-6,9-10H2,1-4H3. The Labute approximate surface area is 121 Å². The van der Waals surface area contributed by atoms with Crippen molar-refractivity contribution in [1.29, 1.82) is 0 Å². The zero-order valence-electron chi connectivity index (χ0n) is 13.0. The molecule has 1 saturated heterocycles. The first-order chi connectivity index (χ1) is 9.54. The third-order valence-corrected chi connectivity index (χ3v) is 3.36. The number of hydrogen-bond acceptors (Lipinski definition) is 4. The fourth-order valence-corrected chi connectivity index (χ4v) is 2.14. The molecule has 0 aromatic carbocycles. The van der Waals surface area contributed by atoms with Gasteiger partial charge >= 0.3 is 0 Å². The van der Waals surface area contributed by atoms with E-state index in [1.54, 1.807) is 0 Å². The van der Waals surface area contributed by atoms with Gasteiger partial charge in [-0.1, -0.05) is 27.7 Å². The van der Waals surface area contributed by atoms with Crippen LogP contribution in [0.2, 0.25) is 0 Å². The van der Waals surface area contributed by atoms with E-state index in [2.05, 4.69) is 44.1 Å². The van der Waals surface area contributed by atoms with Gasteiger partial charge in [0.15, 0.2) is 0 Å². The van der Waals surface area contributed by atoms with Crippen molar-refractivity contribution in [3.05, 3.63) is 23.4 Å². The second-order valence-electron chi connectivity index (χ2n) is 6.03. The Morgan fingerprint density at radius 3 is 2.75 bits per heavy atom. The van der Waals surface area contributed by atoms with Gasteiger partial charge in [0.1, 0.15) is 6.10 Å². The summed E-state index contributed by atoms with van der Waals surface area (Å²) in [6.07, 6.45) is 1.10. The summed E-state index contributed by atoms with van der Waals surface area (Å²) in [6.45, 7) is 10.9. The summed E-state index contributed by atoms with van der Waals surface area (Å²) < 4.78 is 11.3. The maximum Gasteiger partial charge on any atom is 0.214 e. The van der Waals surface area contributed by atoms with Crippen LogP contribution in [0.5, 0.6) is 5.88 Å². The summed E-state index contributed by atoms with van der Waals surface area (Å²) in [6, 6.07) is 4.68. The number of nitrogens with one attached hydrogen (secondary N) is 1. The zero-order valence-corrected chi connectivity index (χ0v) is 13.0. The number of hydrogen-bond donors (Lipinski definition) is 1. The smallest absolute Gasteiger partial charge is 0.214 e. The first-order valence-corrected chi connectivity index (χ1v) is 7.53. The van der Waals surface area contributed by atoms with Crippen LogP contribution < -0.4 is 10.1 Å². The summed E-state index contributed by atoms with van der Waals surface area (Å²) in [5.41, 5.74) is 2.31. The summed E-state index contributed by atoms with van der Waals surface area (Å²) in [5, 5.41) is 3.44. The summed E-state index contributed by atoms with van der Waals surface area (Å²) in [4.78, 5) is 4.62. The lowest BCUT2D eigenvalue weighted by Gasteiger charge is -2.16. The molecule has 4 nitrogen and oxygen atoms in total.